The van der Waals surface area contributed by atoms with Crippen molar-refractivity contribution in [2.24, 2.45) is 0 Å². The Kier molecular flexibility index (Phi) is 4.88. The number of nitrogens with zero attached hydrogens (tertiary/aromatic N) is 6. The zero-order valence-electron chi connectivity index (χ0n) is 16.3. The van der Waals surface area contributed by atoms with E-state index in [4.69, 9.17) is 11.6 Å². The second-order valence-electron chi connectivity index (χ2n) is 7.13. The molecule has 4 heterocycles. The maximum Gasteiger partial charge on any atom is 0.264 e. The lowest BCUT2D eigenvalue weighted by Gasteiger charge is -2.34. The lowest BCUT2D eigenvalue weighted by Crippen LogP contribution is -2.49. The van der Waals surface area contributed by atoms with Gasteiger partial charge in [0.1, 0.15) is 4.83 Å². The second kappa shape index (κ2) is 7.70. The molecule has 7 nitrogen and oxygen atoms in total. The number of piperazine rings is 1. The summed E-state index contributed by atoms with van der Waals surface area (Å²) < 4.78 is 1.88. The monoisotopic (exact) mass is 438 g/mol. The van der Waals surface area contributed by atoms with Crippen LogP contribution in [-0.4, -0.2) is 56.7 Å². The zero-order chi connectivity index (χ0) is 20.7. The molecule has 9 heteroatoms. The number of hydrogen-bond donors (Lipinski definition) is 0. The number of benzene rings is 1. The van der Waals surface area contributed by atoms with Crippen LogP contribution in [0.25, 0.3) is 15.9 Å². The number of rotatable bonds is 3. The number of carbonyl (C=O) groups is 1. The van der Waals surface area contributed by atoms with Gasteiger partial charge in [0, 0.05) is 49.0 Å². The first-order valence-electron chi connectivity index (χ1n) is 9.66. The number of amides is 1. The third-order valence-corrected chi connectivity index (χ3v) is 6.58. The highest BCUT2D eigenvalue weighted by atomic mass is 35.5. The molecule has 0 atom stereocenters. The molecule has 0 unspecified atom stereocenters. The average molecular weight is 439 g/mol. The van der Waals surface area contributed by atoms with Crippen LogP contribution in [0.2, 0.25) is 5.02 Å². The van der Waals surface area contributed by atoms with Gasteiger partial charge in [-0.05, 0) is 43.3 Å². The van der Waals surface area contributed by atoms with Crippen LogP contribution in [-0.2, 0) is 0 Å². The summed E-state index contributed by atoms with van der Waals surface area (Å²) in [5.74, 6) is 0.775. The van der Waals surface area contributed by atoms with Crippen molar-refractivity contribution >= 4 is 45.0 Å². The van der Waals surface area contributed by atoms with E-state index in [-0.39, 0.29) is 5.91 Å². The summed E-state index contributed by atoms with van der Waals surface area (Å²) in [6.45, 7) is 4.70. The van der Waals surface area contributed by atoms with Crippen molar-refractivity contribution in [2.45, 2.75) is 6.92 Å². The minimum absolute atomic E-state index is 0.0619. The first-order valence-corrected chi connectivity index (χ1v) is 10.9. The van der Waals surface area contributed by atoms with Crippen LogP contribution in [0.15, 0.2) is 48.8 Å². The molecule has 0 bridgehead atoms. The first kappa shape index (κ1) is 19.0. The van der Waals surface area contributed by atoms with Gasteiger partial charge in [0.05, 0.1) is 16.3 Å². The third kappa shape index (κ3) is 3.42. The number of hydrogen-bond acceptors (Lipinski definition) is 6. The molecule has 0 saturated carbocycles. The number of aromatic nitrogens is 4. The lowest BCUT2D eigenvalue weighted by molar-refractivity contribution is 0.0751. The van der Waals surface area contributed by atoms with Gasteiger partial charge < -0.3 is 9.80 Å². The predicted octanol–water partition coefficient (Wildman–Crippen LogP) is 3.80. The van der Waals surface area contributed by atoms with Crippen LogP contribution >= 0.6 is 22.9 Å². The van der Waals surface area contributed by atoms with Gasteiger partial charge in [-0.2, -0.15) is 5.10 Å². The van der Waals surface area contributed by atoms with Crippen molar-refractivity contribution in [3.8, 4) is 5.69 Å². The fourth-order valence-electron chi connectivity index (χ4n) is 3.63. The van der Waals surface area contributed by atoms with Crippen molar-refractivity contribution < 1.29 is 4.79 Å². The number of anilines is 1. The number of halogens is 1. The third-order valence-electron chi connectivity index (χ3n) is 5.23. The summed E-state index contributed by atoms with van der Waals surface area (Å²) in [6.07, 6.45) is 3.48. The molecule has 30 heavy (non-hydrogen) atoms. The number of thiophene rings is 1. The van der Waals surface area contributed by atoms with Gasteiger partial charge >= 0.3 is 0 Å². The highest BCUT2D eigenvalue weighted by Gasteiger charge is 2.26. The van der Waals surface area contributed by atoms with E-state index in [1.54, 1.807) is 18.5 Å². The van der Waals surface area contributed by atoms with E-state index in [1.165, 1.54) is 11.3 Å². The standard InChI is InChI=1S/C21H19ClN6OS/c1-14-17-13-18(30-20(17)28(25-14)16-5-3-15(22)4-6-16)19(29)26-9-11-27(12-10-26)21-23-7-2-8-24-21/h2-8,13H,9-12H2,1H3. The molecule has 3 aromatic heterocycles. The van der Waals surface area contributed by atoms with Crippen LogP contribution in [0.4, 0.5) is 5.95 Å². The Bertz CT molecular complexity index is 1200. The maximum absolute atomic E-state index is 13.2. The van der Waals surface area contributed by atoms with Gasteiger partial charge in [-0.25, -0.2) is 14.6 Å². The number of fused-ring (bicyclic) bond motifs is 1. The van der Waals surface area contributed by atoms with E-state index in [9.17, 15) is 4.79 Å². The van der Waals surface area contributed by atoms with Crippen molar-refractivity contribution in [2.75, 3.05) is 31.1 Å². The van der Waals surface area contributed by atoms with E-state index in [0.29, 0.717) is 24.1 Å². The Balaban J connectivity index is 1.37. The van der Waals surface area contributed by atoms with Gasteiger partial charge in [0.15, 0.2) is 0 Å². The topological polar surface area (TPSA) is 67.2 Å². The molecule has 0 N–H and O–H groups in total. The molecule has 152 valence electrons. The summed E-state index contributed by atoms with van der Waals surface area (Å²) >= 11 is 7.50. The largest absolute Gasteiger partial charge is 0.337 e. The molecule has 1 amide bonds. The Morgan fingerprint density at radius 3 is 2.47 bits per heavy atom. The zero-order valence-corrected chi connectivity index (χ0v) is 17.9. The van der Waals surface area contributed by atoms with Gasteiger partial charge in [0.25, 0.3) is 5.91 Å². The van der Waals surface area contributed by atoms with Gasteiger partial charge in [-0.1, -0.05) is 11.6 Å². The smallest absolute Gasteiger partial charge is 0.264 e. The minimum Gasteiger partial charge on any atom is -0.337 e. The van der Waals surface area contributed by atoms with E-state index in [2.05, 4.69) is 20.0 Å². The Morgan fingerprint density at radius 1 is 1.07 bits per heavy atom. The Hall–Kier alpha value is -2.97. The molecule has 0 aliphatic carbocycles. The SMILES string of the molecule is Cc1nn(-c2ccc(Cl)cc2)c2sc(C(=O)N3CCN(c4ncccn4)CC3)cc12. The van der Waals surface area contributed by atoms with Crippen molar-refractivity contribution in [3.05, 3.63) is 64.4 Å². The molecule has 1 aliphatic heterocycles. The van der Waals surface area contributed by atoms with Crippen LogP contribution in [0, 0.1) is 6.92 Å². The van der Waals surface area contributed by atoms with Gasteiger partial charge in [0.2, 0.25) is 5.95 Å². The van der Waals surface area contributed by atoms with Crippen molar-refractivity contribution in [1.29, 1.82) is 0 Å². The number of carbonyl (C=O) groups excluding carboxylic acids is 1. The summed E-state index contributed by atoms with van der Waals surface area (Å²) in [7, 11) is 0. The van der Waals surface area contributed by atoms with Crippen LogP contribution in [0.3, 0.4) is 0 Å². The highest BCUT2D eigenvalue weighted by Crippen LogP contribution is 2.31. The minimum atomic E-state index is 0.0619. The van der Waals surface area contributed by atoms with Gasteiger partial charge in [-0.3, -0.25) is 4.79 Å². The molecule has 1 aromatic carbocycles. The highest BCUT2D eigenvalue weighted by molar-refractivity contribution is 7.20. The van der Waals surface area contributed by atoms with Crippen LogP contribution in [0.5, 0.6) is 0 Å². The van der Waals surface area contributed by atoms with Crippen molar-refractivity contribution in [1.82, 2.24) is 24.6 Å². The summed E-state index contributed by atoms with van der Waals surface area (Å²) in [5, 5.41) is 6.34. The second-order valence-corrected chi connectivity index (χ2v) is 8.60. The van der Waals surface area contributed by atoms with Crippen LogP contribution < -0.4 is 4.90 Å². The summed E-state index contributed by atoms with van der Waals surface area (Å²) in [4.78, 5) is 27.5. The summed E-state index contributed by atoms with van der Waals surface area (Å²) in [5.41, 5.74) is 1.83. The molecule has 1 fully saturated rings. The molecule has 4 aromatic rings. The first-order chi connectivity index (χ1) is 14.6. The predicted molar refractivity (Wildman–Crippen MR) is 119 cm³/mol. The van der Waals surface area contributed by atoms with E-state index < -0.39 is 0 Å². The number of aryl methyl sites for hydroxylation is 1. The van der Waals surface area contributed by atoms with E-state index in [0.717, 1.165) is 39.6 Å². The van der Waals surface area contributed by atoms with Crippen LogP contribution in [0.1, 0.15) is 15.4 Å². The molecular weight excluding hydrogens is 420 g/mol. The van der Waals surface area contributed by atoms with E-state index >= 15 is 0 Å². The van der Waals surface area contributed by atoms with Crippen molar-refractivity contribution in [3.63, 3.8) is 0 Å². The Morgan fingerprint density at radius 2 is 1.77 bits per heavy atom. The lowest BCUT2D eigenvalue weighted by atomic mass is 10.2. The average Bonchev–Trinajstić information content (AvgIpc) is 3.35. The molecule has 0 radical (unpaired) electrons. The fraction of sp³-hybridized carbons (Fsp3) is 0.238. The fourth-order valence-corrected chi connectivity index (χ4v) is 4.91. The molecule has 1 saturated heterocycles. The van der Waals surface area contributed by atoms with E-state index in [1.807, 2.05) is 46.8 Å². The maximum atomic E-state index is 13.2. The molecular formula is C21H19ClN6OS. The normalized spacial score (nSPS) is 14.5. The molecule has 5 rings (SSSR count). The summed E-state index contributed by atoms with van der Waals surface area (Å²) in [6, 6.07) is 11.3. The Labute approximate surface area is 182 Å². The van der Waals surface area contributed by atoms with Gasteiger partial charge in [-0.15, -0.1) is 11.3 Å². The quantitative estimate of drug-likeness (QED) is 0.486. The molecule has 0 spiro atoms. The molecule has 1 aliphatic rings.